The fraction of sp³-hybridized carbons (Fsp3) is 0.632. The third-order valence-corrected chi connectivity index (χ3v) is 6.04. The average Bonchev–Trinajstić information content (AvgIpc) is 2.66. The Labute approximate surface area is 171 Å². The molecule has 1 aromatic rings. The van der Waals surface area contributed by atoms with Crippen LogP contribution in [0.15, 0.2) is 18.2 Å². The Balaban J connectivity index is 1.91. The summed E-state index contributed by atoms with van der Waals surface area (Å²) in [6.45, 7) is 2.11. The number of hydrogen-bond donors (Lipinski definition) is 1. The number of amides is 1. The van der Waals surface area contributed by atoms with E-state index in [-0.39, 0.29) is 11.4 Å². The van der Waals surface area contributed by atoms with Crippen LogP contribution in [0.4, 0.5) is 11.4 Å². The molecule has 1 fully saturated rings. The lowest BCUT2D eigenvalue weighted by atomic mass is 9.98. The first-order chi connectivity index (χ1) is 13.7. The molecule has 0 aromatic heterocycles. The molecule has 1 N–H and O–H groups in total. The molecule has 162 valence electrons. The van der Waals surface area contributed by atoms with E-state index in [1.807, 2.05) is 0 Å². The molecule has 1 saturated carbocycles. The van der Waals surface area contributed by atoms with Crippen molar-refractivity contribution in [1.82, 2.24) is 5.32 Å². The molecule has 29 heavy (non-hydrogen) atoms. The lowest BCUT2D eigenvalue weighted by molar-refractivity contribution is -0.384. The summed E-state index contributed by atoms with van der Waals surface area (Å²) in [6, 6.07) is 3.93. The van der Waals surface area contributed by atoms with Gasteiger partial charge in [0.05, 0.1) is 23.0 Å². The number of nitrogens with zero attached hydrogens (tertiary/aromatic N) is 2. The Morgan fingerprint density at radius 2 is 2.00 bits per heavy atom. The molecule has 1 aliphatic carbocycles. The van der Waals surface area contributed by atoms with Crippen LogP contribution in [-0.2, 0) is 19.6 Å². The number of hydrogen-bond acceptors (Lipinski definition) is 6. The maximum absolute atomic E-state index is 12.3. The van der Waals surface area contributed by atoms with Crippen molar-refractivity contribution in [2.45, 2.75) is 51.6 Å². The van der Waals surface area contributed by atoms with Gasteiger partial charge < -0.3 is 10.1 Å². The maximum atomic E-state index is 12.3. The van der Waals surface area contributed by atoms with Gasteiger partial charge in [0.2, 0.25) is 15.9 Å². The van der Waals surface area contributed by atoms with Crippen molar-refractivity contribution < 1.29 is 22.9 Å². The van der Waals surface area contributed by atoms with Crippen molar-refractivity contribution in [2.24, 2.45) is 0 Å². The van der Waals surface area contributed by atoms with Gasteiger partial charge in [0.15, 0.2) is 0 Å². The number of benzene rings is 1. The lowest BCUT2D eigenvalue weighted by Gasteiger charge is -2.23. The Hall–Kier alpha value is -2.20. The zero-order chi connectivity index (χ0) is 21.4. The van der Waals surface area contributed by atoms with E-state index in [0.29, 0.717) is 31.2 Å². The number of anilines is 1. The number of nitro benzene ring substituents is 1. The molecule has 1 aliphatic rings. The van der Waals surface area contributed by atoms with Crippen LogP contribution >= 0.6 is 0 Å². The van der Waals surface area contributed by atoms with Gasteiger partial charge in [-0.25, -0.2) is 8.42 Å². The molecule has 0 atom stereocenters. The smallest absolute Gasteiger partial charge is 0.271 e. The largest absolute Gasteiger partial charge is 0.378 e. The fourth-order valence-electron chi connectivity index (χ4n) is 3.33. The molecule has 9 nitrogen and oxygen atoms in total. The van der Waals surface area contributed by atoms with E-state index >= 15 is 0 Å². The van der Waals surface area contributed by atoms with Crippen LogP contribution in [0.1, 0.15) is 44.1 Å². The number of carbonyl (C=O) groups excluding carboxylic acids is 1. The molecule has 2 rings (SSSR count). The maximum Gasteiger partial charge on any atom is 0.271 e. The molecule has 0 saturated heterocycles. The summed E-state index contributed by atoms with van der Waals surface area (Å²) < 4.78 is 31.1. The van der Waals surface area contributed by atoms with Gasteiger partial charge in [-0.2, -0.15) is 0 Å². The van der Waals surface area contributed by atoms with Crippen LogP contribution in [-0.4, -0.2) is 51.3 Å². The van der Waals surface area contributed by atoms with Crippen LogP contribution in [0.5, 0.6) is 0 Å². The third kappa shape index (κ3) is 7.28. The Kier molecular flexibility index (Phi) is 8.39. The van der Waals surface area contributed by atoms with Crippen LogP contribution in [0.3, 0.4) is 0 Å². The zero-order valence-electron chi connectivity index (χ0n) is 16.9. The van der Waals surface area contributed by atoms with Crippen molar-refractivity contribution >= 4 is 27.3 Å². The summed E-state index contributed by atoms with van der Waals surface area (Å²) in [6.07, 6.45) is 7.72. The van der Waals surface area contributed by atoms with Crippen LogP contribution in [0.25, 0.3) is 0 Å². The molecular formula is C19H29N3O6S. The summed E-state index contributed by atoms with van der Waals surface area (Å²) in [4.78, 5) is 22.7. The highest BCUT2D eigenvalue weighted by atomic mass is 32.2. The van der Waals surface area contributed by atoms with Gasteiger partial charge in [-0.1, -0.05) is 25.3 Å². The van der Waals surface area contributed by atoms with Gasteiger partial charge in [-0.3, -0.25) is 19.2 Å². The predicted octanol–water partition coefficient (Wildman–Crippen LogP) is 2.52. The van der Waals surface area contributed by atoms with Crippen molar-refractivity contribution in [2.75, 3.05) is 30.3 Å². The zero-order valence-corrected chi connectivity index (χ0v) is 17.7. The van der Waals surface area contributed by atoms with Crippen molar-refractivity contribution in [3.05, 3.63) is 33.9 Å². The molecule has 0 unspecified atom stereocenters. The summed E-state index contributed by atoms with van der Waals surface area (Å²) in [5.41, 5.74) is 0.409. The van der Waals surface area contributed by atoms with Gasteiger partial charge >= 0.3 is 0 Å². The number of nitro groups is 1. The number of nitrogens with one attached hydrogen (secondary N) is 1. The van der Waals surface area contributed by atoms with Gasteiger partial charge in [-0.05, 0) is 31.7 Å². The SMILES string of the molecule is Cc1ccc([N+](=O)[O-])cc1N(CC(=O)NCCCOC1CCCCC1)S(C)(=O)=O. The normalized spacial score (nSPS) is 15.1. The molecule has 0 heterocycles. The minimum Gasteiger partial charge on any atom is -0.378 e. The second kappa shape index (κ2) is 10.5. The van der Waals surface area contributed by atoms with Crippen molar-refractivity contribution in [3.63, 3.8) is 0 Å². The monoisotopic (exact) mass is 427 g/mol. The van der Waals surface area contributed by atoms with E-state index in [1.165, 1.54) is 37.5 Å². The van der Waals surface area contributed by atoms with Gasteiger partial charge in [0.25, 0.3) is 5.69 Å². The number of aryl methyl sites for hydroxylation is 1. The number of non-ortho nitro benzene ring substituents is 1. The number of sulfonamides is 1. The molecule has 0 spiro atoms. The quantitative estimate of drug-likeness (QED) is 0.348. The molecule has 1 amide bonds. The highest BCUT2D eigenvalue weighted by molar-refractivity contribution is 7.92. The third-order valence-electron chi connectivity index (χ3n) is 4.91. The highest BCUT2D eigenvalue weighted by Crippen LogP contribution is 2.27. The van der Waals surface area contributed by atoms with Crippen LogP contribution < -0.4 is 9.62 Å². The molecular weight excluding hydrogens is 398 g/mol. The minimum absolute atomic E-state index is 0.123. The summed E-state index contributed by atoms with van der Waals surface area (Å²) >= 11 is 0. The first-order valence-corrected chi connectivity index (χ1v) is 11.6. The Morgan fingerprint density at radius 1 is 1.31 bits per heavy atom. The molecule has 10 heteroatoms. The second-order valence-corrected chi connectivity index (χ2v) is 9.24. The van der Waals surface area contributed by atoms with E-state index in [2.05, 4.69) is 5.32 Å². The molecule has 0 radical (unpaired) electrons. The predicted molar refractivity (Wildman–Crippen MR) is 110 cm³/mol. The van der Waals surface area contributed by atoms with E-state index in [4.69, 9.17) is 4.74 Å². The lowest BCUT2D eigenvalue weighted by Crippen LogP contribution is -2.41. The van der Waals surface area contributed by atoms with Gasteiger partial charge in [0, 0.05) is 25.3 Å². The van der Waals surface area contributed by atoms with E-state index < -0.39 is 27.4 Å². The minimum atomic E-state index is -3.80. The second-order valence-electron chi connectivity index (χ2n) is 7.33. The fourth-order valence-corrected chi connectivity index (χ4v) is 4.23. The van der Waals surface area contributed by atoms with Gasteiger partial charge in [-0.15, -0.1) is 0 Å². The summed E-state index contributed by atoms with van der Waals surface area (Å²) in [5, 5.41) is 13.7. The summed E-state index contributed by atoms with van der Waals surface area (Å²) in [5.74, 6) is -0.473. The molecule has 1 aromatic carbocycles. The van der Waals surface area contributed by atoms with E-state index in [0.717, 1.165) is 23.4 Å². The Morgan fingerprint density at radius 3 is 2.62 bits per heavy atom. The van der Waals surface area contributed by atoms with Crippen LogP contribution in [0, 0.1) is 17.0 Å². The van der Waals surface area contributed by atoms with Gasteiger partial charge in [0.1, 0.15) is 6.54 Å². The number of carbonyl (C=O) groups is 1. The number of rotatable bonds is 10. The van der Waals surface area contributed by atoms with E-state index in [9.17, 15) is 23.3 Å². The standard InChI is InChI=1S/C19H29N3O6S/c1-15-9-10-16(22(24)25)13-18(15)21(29(2,26)27)14-19(23)20-11-6-12-28-17-7-4-3-5-8-17/h9-10,13,17H,3-8,11-12,14H2,1-2H3,(H,20,23). The molecule has 0 aliphatic heterocycles. The topological polar surface area (TPSA) is 119 Å². The van der Waals surface area contributed by atoms with Crippen LogP contribution in [0.2, 0.25) is 0 Å². The van der Waals surface area contributed by atoms with E-state index in [1.54, 1.807) is 6.92 Å². The highest BCUT2D eigenvalue weighted by Gasteiger charge is 2.24. The Bertz CT molecular complexity index is 821. The number of ether oxygens (including phenoxy) is 1. The van der Waals surface area contributed by atoms with Crippen molar-refractivity contribution in [1.29, 1.82) is 0 Å². The first kappa shape index (κ1) is 23.1. The average molecular weight is 428 g/mol. The first-order valence-electron chi connectivity index (χ1n) is 9.79. The summed E-state index contributed by atoms with van der Waals surface area (Å²) in [7, 11) is -3.80. The molecule has 0 bridgehead atoms. The van der Waals surface area contributed by atoms with Crippen molar-refractivity contribution in [3.8, 4) is 0 Å².